The monoisotopic (exact) mass is 266 g/mol. The van der Waals surface area contributed by atoms with Crippen molar-refractivity contribution in [2.45, 2.75) is 32.6 Å². The number of amides is 2. The number of carbonyl (C=O) groups is 1. The second-order valence-electron chi connectivity index (χ2n) is 4.80. The van der Waals surface area contributed by atoms with Crippen LogP contribution < -0.4 is 5.32 Å². The first kappa shape index (κ1) is 13.2. The number of urea groups is 1. The second kappa shape index (κ2) is 6.10. The van der Waals surface area contributed by atoms with Crippen molar-refractivity contribution >= 4 is 23.3 Å². The van der Waals surface area contributed by atoms with Gasteiger partial charge >= 0.3 is 6.03 Å². The van der Waals surface area contributed by atoms with Crippen LogP contribution in [0.25, 0.3) is 0 Å². The van der Waals surface area contributed by atoms with E-state index in [1.54, 1.807) is 6.07 Å². The summed E-state index contributed by atoms with van der Waals surface area (Å²) in [7, 11) is 0. The molecule has 1 heterocycles. The Morgan fingerprint density at radius 1 is 1.22 bits per heavy atom. The minimum atomic E-state index is -0.0168. The molecule has 1 aliphatic heterocycles. The number of nitrogens with one attached hydrogen (secondary N) is 1. The summed E-state index contributed by atoms with van der Waals surface area (Å²) >= 11 is 6.04. The molecule has 0 unspecified atom stereocenters. The molecule has 18 heavy (non-hydrogen) atoms. The zero-order chi connectivity index (χ0) is 13.0. The van der Waals surface area contributed by atoms with Gasteiger partial charge < -0.3 is 10.2 Å². The Kier molecular flexibility index (Phi) is 4.48. The fourth-order valence-electron chi connectivity index (χ4n) is 2.15. The fourth-order valence-corrected chi connectivity index (χ4v) is 2.33. The molecule has 0 atom stereocenters. The maximum atomic E-state index is 12.1. The Balaban J connectivity index is 1.99. The van der Waals surface area contributed by atoms with Crippen molar-refractivity contribution in [3.05, 3.63) is 28.8 Å². The summed E-state index contributed by atoms with van der Waals surface area (Å²) in [6, 6.07) is 5.58. The van der Waals surface area contributed by atoms with Gasteiger partial charge in [0, 0.05) is 23.8 Å². The Labute approximate surface area is 113 Å². The highest BCUT2D eigenvalue weighted by Crippen LogP contribution is 2.20. The molecule has 1 aliphatic rings. The number of hydrogen-bond acceptors (Lipinski definition) is 1. The largest absolute Gasteiger partial charge is 0.325 e. The average Bonchev–Trinajstić information content (AvgIpc) is 2.62. The maximum absolute atomic E-state index is 12.1. The summed E-state index contributed by atoms with van der Waals surface area (Å²) in [5.41, 5.74) is 1.78. The SMILES string of the molecule is Cc1ccc(NC(=O)N2CCCCCC2)cc1Cl. The zero-order valence-electron chi connectivity index (χ0n) is 10.7. The standard InChI is InChI=1S/C14H19ClN2O/c1-11-6-7-12(10-13(11)15)16-14(18)17-8-4-2-3-5-9-17/h6-7,10H,2-5,8-9H2,1H3,(H,16,18). The molecule has 0 aromatic heterocycles. The third-order valence-electron chi connectivity index (χ3n) is 3.32. The molecule has 2 rings (SSSR count). The number of benzene rings is 1. The van der Waals surface area contributed by atoms with Crippen LogP contribution in [-0.4, -0.2) is 24.0 Å². The van der Waals surface area contributed by atoms with Gasteiger partial charge in [-0.1, -0.05) is 30.5 Å². The van der Waals surface area contributed by atoms with Gasteiger partial charge in [0.2, 0.25) is 0 Å². The van der Waals surface area contributed by atoms with E-state index in [1.165, 1.54) is 12.8 Å². The number of nitrogens with zero attached hydrogens (tertiary/aromatic N) is 1. The van der Waals surface area contributed by atoms with Crippen molar-refractivity contribution in [3.63, 3.8) is 0 Å². The van der Waals surface area contributed by atoms with Crippen LogP contribution in [0.15, 0.2) is 18.2 Å². The Hall–Kier alpha value is -1.22. The zero-order valence-corrected chi connectivity index (χ0v) is 11.5. The molecule has 98 valence electrons. The lowest BCUT2D eigenvalue weighted by atomic mass is 10.2. The molecule has 2 amide bonds. The lowest BCUT2D eigenvalue weighted by Crippen LogP contribution is -2.35. The van der Waals surface area contributed by atoms with Crippen LogP contribution in [0.3, 0.4) is 0 Å². The molecule has 0 aliphatic carbocycles. The molecule has 1 aromatic rings. The van der Waals surface area contributed by atoms with Gasteiger partial charge in [0.1, 0.15) is 0 Å². The Morgan fingerprint density at radius 2 is 1.89 bits per heavy atom. The normalized spacial score (nSPS) is 16.2. The second-order valence-corrected chi connectivity index (χ2v) is 5.20. The highest BCUT2D eigenvalue weighted by atomic mass is 35.5. The molecule has 0 bridgehead atoms. The number of carbonyl (C=O) groups excluding carboxylic acids is 1. The average molecular weight is 267 g/mol. The number of likely N-dealkylation sites (tertiary alicyclic amines) is 1. The summed E-state index contributed by atoms with van der Waals surface area (Å²) < 4.78 is 0. The van der Waals surface area contributed by atoms with Gasteiger partial charge in [0.15, 0.2) is 0 Å². The van der Waals surface area contributed by atoms with E-state index in [0.29, 0.717) is 5.02 Å². The van der Waals surface area contributed by atoms with Crippen LogP contribution in [0.5, 0.6) is 0 Å². The molecule has 0 radical (unpaired) electrons. The lowest BCUT2D eigenvalue weighted by molar-refractivity contribution is 0.214. The number of halogens is 1. The lowest BCUT2D eigenvalue weighted by Gasteiger charge is -2.20. The van der Waals surface area contributed by atoms with E-state index in [1.807, 2.05) is 24.0 Å². The van der Waals surface area contributed by atoms with Crippen molar-refractivity contribution in [2.75, 3.05) is 18.4 Å². The maximum Gasteiger partial charge on any atom is 0.321 e. The van der Waals surface area contributed by atoms with Gasteiger partial charge in [-0.15, -0.1) is 0 Å². The number of hydrogen-bond donors (Lipinski definition) is 1. The summed E-state index contributed by atoms with van der Waals surface area (Å²) in [5, 5.41) is 3.59. The first-order valence-electron chi connectivity index (χ1n) is 6.49. The molecule has 1 fully saturated rings. The van der Waals surface area contributed by atoms with Gasteiger partial charge in [-0.05, 0) is 37.5 Å². The summed E-state index contributed by atoms with van der Waals surface area (Å²) in [6.45, 7) is 3.65. The van der Waals surface area contributed by atoms with Crippen LogP contribution >= 0.6 is 11.6 Å². The van der Waals surface area contributed by atoms with E-state index in [-0.39, 0.29) is 6.03 Å². The third kappa shape index (κ3) is 3.39. The van der Waals surface area contributed by atoms with Crippen molar-refractivity contribution in [2.24, 2.45) is 0 Å². The molecule has 0 saturated carbocycles. The van der Waals surface area contributed by atoms with E-state index in [9.17, 15) is 4.79 Å². The quantitative estimate of drug-likeness (QED) is 0.817. The van der Waals surface area contributed by atoms with Gasteiger partial charge in [0.25, 0.3) is 0 Å². The summed E-state index contributed by atoms with van der Waals surface area (Å²) in [4.78, 5) is 14.0. The molecule has 1 aromatic carbocycles. The summed E-state index contributed by atoms with van der Waals surface area (Å²) in [6.07, 6.45) is 4.64. The number of aryl methyl sites for hydroxylation is 1. The van der Waals surface area contributed by atoms with Gasteiger partial charge in [-0.2, -0.15) is 0 Å². The molecule has 1 N–H and O–H groups in total. The predicted octanol–water partition coefficient (Wildman–Crippen LogP) is 4.06. The van der Waals surface area contributed by atoms with Crippen molar-refractivity contribution < 1.29 is 4.79 Å². The molecular formula is C14H19ClN2O. The number of rotatable bonds is 1. The highest BCUT2D eigenvalue weighted by molar-refractivity contribution is 6.31. The van der Waals surface area contributed by atoms with Crippen molar-refractivity contribution in [3.8, 4) is 0 Å². The van der Waals surface area contributed by atoms with E-state index in [0.717, 1.165) is 37.2 Å². The highest BCUT2D eigenvalue weighted by Gasteiger charge is 2.15. The van der Waals surface area contributed by atoms with Crippen LogP contribution in [-0.2, 0) is 0 Å². The van der Waals surface area contributed by atoms with Crippen LogP contribution in [0, 0.1) is 6.92 Å². The van der Waals surface area contributed by atoms with E-state index >= 15 is 0 Å². The van der Waals surface area contributed by atoms with Crippen LogP contribution in [0.4, 0.5) is 10.5 Å². The fraction of sp³-hybridized carbons (Fsp3) is 0.500. The summed E-state index contributed by atoms with van der Waals surface area (Å²) in [5.74, 6) is 0. The smallest absolute Gasteiger partial charge is 0.321 e. The van der Waals surface area contributed by atoms with E-state index < -0.39 is 0 Å². The molecule has 3 nitrogen and oxygen atoms in total. The van der Waals surface area contributed by atoms with E-state index in [4.69, 9.17) is 11.6 Å². The van der Waals surface area contributed by atoms with Gasteiger partial charge in [-0.3, -0.25) is 0 Å². The van der Waals surface area contributed by atoms with Crippen LogP contribution in [0.1, 0.15) is 31.2 Å². The van der Waals surface area contributed by atoms with Crippen molar-refractivity contribution in [1.82, 2.24) is 4.90 Å². The van der Waals surface area contributed by atoms with Gasteiger partial charge in [-0.25, -0.2) is 4.79 Å². The minimum Gasteiger partial charge on any atom is -0.325 e. The van der Waals surface area contributed by atoms with Crippen molar-refractivity contribution in [1.29, 1.82) is 0 Å². The van der Waals surface area contributed by atoms with E-state index in [2.05, 4.69) is 5.32 Å². The molecule has 0 spiro atoms. The van der Waals surface area contributed by atoms with Crippen LogP contribution in [0.2, 0.25) is 5.02 Å². The Morgan fingerprint density at radius 3 is 2.50 bits per heavy atom. The minimum absolute atomic E-state index is 0.0168. The number of anilines is 1. The Bertz CT molecular complexity index is 426. The molecule has 1 saturated heterocycles. The molecular weight excluding hydrogens is 248 g/mol. The topological polar surface area (TPSA) is 32.3 Å². The first-order chi connectivity index (χ1) is 8.66. The predicted molar refractivity (Wildman–Crippen MR) is 75.2 cm³/mol. The third-order valence-corrected chi connectivity index (χ3v) is 3.72. The molecule has 4 heteroatoms. The first-order valence-corrected chi connectivity index (χ1v) is 6.87. The van der Waals surface area contributed by atoms with Gasteiger partial charge in [0.05, 0.1) is 0 Å².